The van der Waals surface area contributed by atoms with Crippen molar-refractivity contribution in [2.45, 2.75) is 34.1 Å². The number of hydrogen-bond acceptors (Lipinski definition) is 3. The number of Topliss-reactive ketones (excluding diaryl/α,β-unsaturated/α-hetero) is 1. The van der Waals surface area contributed by atoms with Crippen molar-refractivity contribution in [1.29, 1.82) is 0 Å². The normalized spacial score (nSPS) is 23.0. The van der Waals surface area contributed by atoms with Gasteiger partial charge in [0.2, 0.25) is 0 Å². The van der Waals surface area contributed by atoms with Crippen molar-refractivity contribution < 1.29 is 14.3 Å². The van der Waals surface area contributed by atoms with Crippen LogP contribution >= 0.6 is 0 Å². The summed E-state index contributed by atoms with van der Waals surface area (Å²) in [5.74, 6) is -0.474. The fraction of sp³-hybridized carbons (Fsp3) is 0.444. The van der Waals surface area contributed by atoms with Crippen molar-refractivity contribution in [1.82, 2.24) is 0 Å². The number of ketones is 1. The van der Waals surface area contributed by atoms with Crippen molar-refractivity contribution in [3.8, 4) is 0 Å². The van der Waals surface area contributed by atoms with E-state index in [2.05, 4.69) is 6.08 Å². The third kappa shape index (κ3) is 2.92. The molecule has 0 radical (unpaired) electrons. The fourth-order valence-corrected chi connectivity index (χ4v) is 2.66. The lowest BCUT2D eigenvalue weighted by Crippen LogP contribution is -2.40. The Morgan fingerprint density at radius 2 is 1.95 bits per heavy atom. The minimum atomic E-state index is -0.500. The monoisotopic (exact) mass is 286 g/mol. The van der Waals surface area contributed by atoms with Gasteiger partial charge in [-0.25, -0.2) is 4.79 Å². The van der Waals surface area contributed by atoms with Gasteiger partial charge in [0.05, 0.1) is 5.56 Å². The number of rotatable bonds is 4. The van der Waals surface area contributed by atoms with E-state index in [9.17, 15) is 9.59 Å². The summed E-state index contributed by atoms with van der Waals surface area (Å²) in [5.41, 5.74) is 0.764. The Hall–Kier alpha value is -1.90. The van der Waals surface area contributed by atoms with Gasteiger partial charge >= 0.3 is 5.97 Å². The number of allylic oxidation sites excluding steroid dienone is 2. The zero-order valence-electron chi connectivity index (χ0n) is 13.1. The molecule has 0 N–H and O–H groups in total. The highest BCUT2D eigenvalue weighted by Gasteiger charge is 2.47. The summed E-state index contributed by atoms with van der Waals surface area (Å²) in [6.45, 7) is 7.76. The highest BCUT2D eigenvalue weighted by Crippen LogP contribution is 2.48. The first-order valence-electron chi connectivity index (χ1n) is 7.21. The molecule has 3 nitrogen and oxygen atoms in total. The Morgan fingerprint density at radius 1 is 1.24 bits per heavy atom. The molecule has 0 aromatic heterocycles. The van der Waals surface area contributed by atoms with Crippen molar-refractivity contribution >= 4 is 11.8 Å². The Bertz CT molecular complexity index is 598. The first-order chi connectivity index (χ1) is 9.76. The molecule has 0 saturated carbocycles. The number of aryl methyl sites for hydroxylation is 1. The molecule has 1 aliphatic carbocycles. The minimum Gasteiger partial charge on any atom is -0.454 e. The van der Waals surface area contributed by atoms with Crippen molar-refractivity contribution in [2.75, 3.05) is 6.61 Å². The second kappa shape index (κ2) is 5.47. The lowest BCUT2D eigenvalue weighted by atomic mass is 9.66. The molecule has 0 amide bonds. The van der Waals surface area contributed by atoms with Gasteiger partial charge in [0, 0.05) is 5.41 Å². The van der Waals surface area contributed by atoms with Gasteiger partial charge in [-0.05, 0) is 30.9 Å². The number of benzene rings is 1. The summed E-state index contributed by atoms with van der Waals surface area (Å²) < 4.78 is 5.20. The van der Waals surface area contributed by atoms with Crippen LogP contribution in [-0.4, -0.2) is 18.4 Å². The molecule has 3 heteroatoms. The Balaban J connectivity index is 2.00. The molecule has 21 heavy (non-hydrogen) atoms. The summed E-state index contributed by atoms with van der Waals surface area (Å²) >= 11 is 0. The molecule has 112 valence electrons. The van der Waals surface area contributed by atoms with Crippen LogP contribution in [0.1, 0.15) is 43.1 Å². The van der Waals surface area contributed by atoms with Crippen LogP contribution in [0.3, 0.4) is 0 Å². The number of carbonyl (C=O) groups is 2. The topological polar surface area (TPSA) is 43.4 Å². The van der Waals surface area contributed by atoms with Crippen LogP contribution in [0.25, 0.3) is 0 Å². The van der Waals surface area contributed by atoms with Gasteiger partial charge in [0.15, 0.2) is 12.4 Å². The smallest absolute Gasteiger partial charge is 0.338 e. The lowest BCUT2D eigenvalue weighted by molar-refractivity contribution is -0.135. The fourth-order valence-electron chi connectivity index (χ4n) is 2.66. The van der Waals surface area contributed by atoms with Crippen molar-refractivity contribution in [3.05, 3.63) is 47.5 Å². The summed E-state index contributed by atoms with van der Waals surface area (Å²) in [6.07, 6.45) is 4.79. The molecule has 0 bridgehead atoms. The van der Waals surface area contributed by atoms with E-state index in [1.54, 1.807) is 18.2 Å². The first kappa shape index (κ1) is 15.5. The quantitative estimate of drug-likeness (QED) is 0.626. The first-order valence-corrected chi connectivity index (χ1v) is 7.21. The number of carbonyl (C=O) groups excluding carboxylic acids is 2. The Kier molecular flexibility index (Phi) is 4.04. The van der Waals surface area contributed by atoms with Crippen molar-refractivity contribution in [2.24, 2.45) is 10.8 Å². The van der Waals surface area contributed by atoms with Gasteiger partial charge in [-0.1, -0.05) is 50.6 Å². The van der Waals surface area contributed by atoms with Crippen LogP contribution < -0.4 is 0 Å². The number of hydrogen-bond donors (Lipinski definition) is 0. The van der Waals surface area contributed by atoms with Crippen LogP contribution in [-0.2, 0) is 9.53 Å². The van der Waals surface area contributed by atoms with Crippen LogP contribution in [0.2, 0.25) is 0 Å². The predicted octanol–water partition coefficient (Wildman–Crippen LogP) is 3.71. The molecule has 0 saturated heterocycles. The molecule has 1 aliphatic rings. The van der Waals surface area contributed by atoms with Gasteiger partial charge in [-0.3, -0.25) is 4.79 Å². The summed E-state index contributed by atoms with van der Waals surface area (Å²) in [6, 6.07) is 7.17. The highest BCUT2D eigenvalue weighted by atomic mass is 16.5. The van der Waals surface area contributed by atoms with Gasteiger partial charge in [0.25, 0.3) is 0 Å². The van der Waals surface area contributed by atoms with Crippen LogP contribution in [0.5, 0.6) is 0 Å². The molecule has 1 atom stereocenters. The maximum Gasteiger partial charge on any atom is 0.338 e. The van der Waals surface area contributed by atoms with Gasteiger partial charge in [-0.2, -0.15) is 0 Å². The summed E-state index contributed by atoms with van der Waals surface area (Å²) in [7, 11) is 0. The number of ether oxygens (including phenoxy) is 1. The van der Waals surface area contributed by atoms with E-state index in [1.165, 1.54) is 0 Å². The van der Waals surface area contributed by atoms with E-state index in [0.29, 0.717) is 12.0 Å². The second-order valence-electron chi connectivity index (χ2n) is 6.53. The zero-order valence-corrected chi connectivity index (χ0v) is 13.1. The van der Waals surface area contributed by atoms with Gasteiger partial charge in [0.1, 0.15) is 0 Å². The Morgan fingerprint density at radius 3 is 2.52 bits per heavy atom. The molecular formula is C18H22O3. The molecule has 0 unspecified atom stereocenters. The van der Waals surface area contributed by atoms with E-state index < -0.39 is 11.4 Å². The van der Waals surface area contributed by atoms with E-state index in [0.717, 1.165) is 5.56 Å². The summed E-state index contributed by atoms with van der Waals surface area (Å²) in [4.78, 5) is 24.5. The molecule has 0 fully saturated rings. The van der Waals surface area contributed by atoms with E-state index in [4.69, 9.17) is 4.74 Å². The van der Waals surface area contributed by atoms with Gasteiger partial charge < -0.3 is 4.74 Å². The molecule has 0 aliphatic heterocycles. The molecule has 2 rings (SSSR count). The molecule has 1 aromatic rings. The Labute approximate surface area is 126 Å². The standard InChI is InChI=1S/C18H22O3/c1-13-7-5-8-14(11-13)16(20)21-12-15(19)18(4)10-6-9-17(18,2)3/h5-9,11H,10,12H2,1-4H3/t18-/m0/s1. The predicted molar refractivity (Wildman–Crippen MR) is 82.1 cm³/mol. The van der Waals surface area contributed by atoms with E-state index >= 15 is 0 Å². The van der Waals surface area contributed by atoms with Crippen LogP contribution in [0, 0.1) is 17.8 Å². The third-order valence-corrected chi connectivity index (χ3v) is 4.69. The van der Waals surface area contributed by atoms with E-state index in [1.807, 2.05) is 39.8 Å². The average molecular weight is 286 g/mol. The molecular weight excluding hydrogens is 264 g/mol. The minimum absolute atomic E-state index is 0.0292. The second-order valence-corrected chi connectivity index (χ2v) is 6.53. The number of esters is 1. The molecule has 1 aromatic carbocycles. The largest absolute Gasteiger partial charge is 0.454 e. The maximum absolute atomic E-state index is 12.5. The molecule has 0 heterocycles. The molecule has 0 spiro atoms. The zero-order chi connectivity index (χ0) is 15.7. The van der Waals surface area contributed by atoms with Crippen LogP contribution in [0.4, 0.5) is 0 Å². The summed E-state index contributed by atoms with van der Waals surface area (Å²) in [5, 5.41) is 0. The SMILES string of the molecule is Cc1cccc(C(=O)OCC(=O)[C@]2(C)CC=CC2(C)C)c1. The third-order valence-electron chi connectivity index (χ3n) is 4.69. The highest BCUT2D eigenvalue weighted by molar-refractivity contribution is 5.93. The van der Waals surface area contributed by atoms with Crippen molar-refractivity contribution in [3.63, 3.8) is 0 Å². The average Bonchev–Trinajstić information content (AvgIpc) is 2.70. The van der Waals surface area contributed by atoms with Crippen LogP contribution in [0.15, 0.2) is 36.4 Å². The van der Waals surface area contributed by atoms with E-state index in [-0.39, 0.29) is 17.8 Å². The maximum atomic E-state index is 12.5. The lowest BCUT2D eigenvalue weighted by Gasteiger charge is -2.36. The van der Waals surface area contributed by atoms with Gasteiger partial charge in [-0.15, -0.1) is 0 Å².